The first-order valence-electron chi connectivity index (χ1n) is 9.18. The molecular formula is C23H22N2O4. The molecule has 0 atom stereocenters. The zero-order chi connectivity index (χ0) is 20.6. The third kappa shape index (κ3) is 5.35. The fourth-order valence-electron chi connectivity index (χ4n) is 2.69. The van der Waals surface area contributed by atoms with Crippen molar-refractivity contribution < 1.29 is 19.1 Å². The summed E-state index contributed by atoms with van der Waals surface area (Å²) in [6.45, 7) is 2.47. The zero-order valence-corrected chi connectivity index (χ0v) is 16.3. The second-order valence-corrected chi connectivity index (χ2v) is 6.17. The van der Waals surface area contributed by atoms with Crippen LogP contribution in [0.1, 0.15) is 27.6 Å². The summed E-state index contributed by atoms with van der Waals surface area (Å²) in [6, 6.07) is 20.7. The van der Waals surface area contributed by atoms with E-state index in [4.69, 9.17) is 9.47 Å². The Hall–Kier alpha value is -3.80. The van der Waals surface area contributed by atoms with Crippen LogP contribution in [-0.2, 0) is 0 Å². The number of methoxy groups -OCH3 is 1. The van der Waals surface area contributed by atoms with Gasteiger partial charge in [-0.05, 0) is 73.7 Å². The minimum absolute atomic E-state index is 0.263. The molecule has 3 aromatic carbocycles. The van der Waals surface area contributed by atoms with E-state index >= 15 is 0 Å². The van der Waals surface area contributed by atoms with E-state index in [1.54, 1.807) is 79.9 Å². The number of nitrogens with one attached hydrogen (secondary N) is 2. The number of anilines is 2. The van der Waals surface area contributed by atoms with Gasteiger partial charge < -0.3 is 20.1 Å². The van der Waals surface area contributed by atoms with Crippen LogP contribution >= 0.6 is 0 Å². The molecule has 0 bridgehead atoms. The van der Waals surface area contributed by atoms with Crippen molar-refractivity contribution >= 4 is 23.2 Å². The minimum atomic E-state index is -0.271. The van der Waals surface area contributed by atoms with E-state index in [1.807, 2.05) is 6.92 Å². The van der Waals surface area contributed by atoms with Crippen molar-refractivity contribution in [2.75, 3.05) is 24.4 Å². The van der Waals surface area contributed by atoms with Gasteiger partial charge >= 0.3 is 0 Å². The molecule has 0 fully saturated rings. The Bertz CT molecular complexity index is 983. The lowest BCUT2D eigenvalue weighted by Crippen LogP contribution is -2.14. The van der Waals surface area contributed by atoms with Gasteiger partial charge in [-0.3, -0.25) is 9.59 Å². The standard InChI is InChI=1S/C23H22N2O4/c1-3-29-21-11-7-16(8-12-21)22(26)25-19-6-4-5-17(15-19)23(27)24-18-9-13-20(28-2)14-10-18/h4-15H,3H2,1-2H3,(H,24,27)(H,25,26). The van der Waals surface area contributed by atoms with Gasteiger partial charge in [0.25, 0.3) is 11.8 Å². The maximum absolute atomic E-state index is 12.5. The van der Waals surface area contributed by atoms with Crippen molar-refractivity contribution in [2.45, 2.75) is 6.92 Å². The molecule has 0 saturated heterocycles. The quantitative estimate of drug-likeness (QED) is 0.618. The van der Waals surface area contributed by atoms with Gasteiger partial charge in [-0.15, -0.1) is 0 Å². The van der Waals surface area contributed by atoms with Crippen LogP contribution in [0.4, 0.5) is 11.4 Å². The fraction of sp³-hybridized carbons (Fsp3) is 0.130. The van der Waals surface area contributed by atoms with Crippen LogP contribution in [0.5, 0.6) is 11.5 Å². The second-order valence-electron chi connectivity index (χ2n) is 6.17. The number of amides is 2. The molecular weight excluding hydrogens is 368 g/mol. The SMILES string of the molecule is CCOc1ccc(C(=O)Nc2cccc(C(=O)Nc3ccc(OC)cc3)c2)cc1. The predicted molar refractivity (Wildman–Crippen MR) is 113 cm³/mol. The number of ether oxygens (including phenoxy) is 2. The Kier molecular flexibility index (Phi) is 6.47. The van der Waals surface area contributed by atoms with Gasteiger partial charge in [0.1, 0.15) is 11.5 Å². The summed E-state index contributed by atoms with van der Waals surface area (Å²) in [6.07, 6.45) is 0. The summed E-state index contributed by atoms with van der Waals surface area (Å²) in [7, 11) is 1.58. The van der Waals surface area contributed by atoms with E-state index in [9.17, 15) is 9.59 Å². The first-order valence-corrected chi connectivity index (χ1v) is 9.18. The summed E-state index contributed by atoms with van der Waals surface area (Å²) >= 11 is 0. The monoisotopic (exact) mass is 390 g/mol. The molecule has 29 heavy (non-hydrogen) atoms. The van der Waals surface area contributed by atoms with Crippen molar-refractivity contribution in [3.05, 3.63) is 83.9 Å². The summed E-state index contributed by atoms with van der Waals surface area (Å²) in [4.78, 5) is 25.0. The molecule has 2 N–H and O–H groups in total. The molecule has 0 aliphatic carbocycles. The van der Waals surface area contributed by atoms with Gasteiger partial charge in [0.15, 0.2) is 0 Å². The van der Waals surface area contributed by atoms with E-state index in [0.29, 0.717) is 40.6 Å². The zero-order valence-electron chi connectivity index (χ0n) is 16.3. The average molecular weight is 390 g/mol. The molecule has 148 valence electrons. The highest BCUT2D eigenvalue weighted by Gasteiger charge is 2.10. The maximum Gasteiger partial charge on any atom is 0.255 e. The van der Waals surface area contributed by atoms with E-state index in [0.717, 1.165) is 0 Å². The fourth-order valence-corrected chi connectivity index (χ4v) is 2.69. The summed E-state index contributed by atoms with van der Waals surface area (Å²) in [5.41, 5.74) is 2.12. The lowest BCUT2D eigenvalue weighted by Gasteiger charge is -2.09. The smallest absolute Gasteiger partial charge is 0.255 e. The van der Waals surface area contributed by atoms with Crippen LogP contribution in [0.25, 0.3) is 0 Å². The van der Waals surface area contributed by atoms with Gasteiger partial charge in [-0.1, -0.05) is 6.07 Å². The minimum Gasteiger partial charge on any atom is -0.497 e. The number of hydrogen-bond acceptors (Lipinski definition) is 4. The molecule has 0 aliphatic rings. The summed E-state index contributed by atoms with van der Waals surface area (Å²) < 4.78 is 10.5. The van der Waals surface area contributed by atoms with E-state index in [1.165, 1.54) is 0 Å². The number of carbonyl (C=O) groups is 2. The van der Waals surface area contributed by atoms with Gasteiger partial charge in [-0.2, -0.15) is 0 Å². The van der Waals surface area contributed by atoms with Gasteiger partial charge in [-0.25, -0.2) is 0 Å². The van der Waals surface area contributed by atoms with Crippen LogP contribution in [0.3, 0.4) is 0 Å². The number of carbonyl (C=O) groups excluding carboxylic acids is 2. The Morgan fingerprint density at radius 1 is 0.759 bits per heavy atom. The molecule has 6 nitrogen and oxygen atoms in total. The van der Waals surface area contributed by atoms with Crippen molar-refractivity contribution in [3.63, 3.8) is 0 Å². The van der Waals surface area contributed by atoms with E-state index in [-0.39, 0.29) is 11.8 Å². The Morgan fingerprint density at radius 2 is 1.38 bits per heavy atom. The highest BCUT2D eigenvalue weighted by atomic mass is 16.5. The first kappa shape index (κ1) is 19.9. The molecule has 0 aromatic heterocycles. The molecule has 6 heteroatoms. The van der Waals surface area contributed by atoms with Crippen molar-refractivity contribution in [1.29, 1.82) is 0 Å². The molecule has 3 rings (SSSR count). The van der Waals surface area contributed by atoms with E-state index in [2.05, 4.69) is 10.6 Å². The number of benzene rings is 3. The third-order valence-electron chi connectivity index (χ3n) is 4.16. The van der Waals surface area contributed by atoms with Gasteiger partial charge in [0.05, 0.1) is 13.7 Å². The molecule has 0 heterocycles. The van der Waals surface area contributed by atoms with E-state index < -0.39 is 0 Å². The normalized spacial score (nSPS) is 10.1. The maximum atomic E-state index is 12.5. The van der Waals surface area contributed by atoms with Crippen molar-refractivity contribution in [1.82, 2.24) is 0 Å². The lowest BCUT2D eigenvalue weighted by atomic mass is 10.1. The highest BCUT2D eigenvalue weighted by Crippen LogP contribution is 2.18. The number of hydrogen-bond donors (Lipinski definition) is 2. The van der Waals surface area contributed by atoms with Crippen LogP contribution < -0.4 is 20.1 Å². The molecule has 0 unspecified atom stereocenters. The van der Waals surface area contributed by atoms with Crippen LogP contribution in [0, 0.1) is 0 Å². The van der Waals surface area contributed by atoms with Crippen molar-refractivity contribution in [3.8, 4) is 11.5 Å². The van der Waals surface area contributed by atoms with Crippen molar-refractivity contribution in [2.24, 2.45) is 0 Å². The second kappa shape index (κ2) is 9.41. The van der Waals surface area contributed by atoms with Crippen LogP contribution in [0.2, 0.25) is 0 Å². The average Bonchev–Trinajstić information content (AvgIpc) is 2.75. The molecule has 0 radical (unpaired) electrons. The Labute approximate surface area is 169 Å². The number of rotatable bonds is 7. The van der Waals surface area contributed by atoms with Crippen LogP contribution in [0.15, 0.2) is 72.8 Å². The highest BCUT2D eigenvalue weighted by molar-refractivity contribution is 6.07. The Morgan fingerprint density at radius 3 is 2.03 bits per heavy atom. The summed E-state index contributed by atoms with van der Waals surface area (Å²) in [5, 5.41) is 5.63. The van der Waals surface area contributed by atoms with Gasteiger partial charge in [0, 0.05) is 22.5 Å². The predicted octanol–water partition coefficient (Wildman–Crippen LogP) is 4.60. The molecule has 0 saturated carbocycles. The first-order chi connectivity index (χ1) is 14.1. The summed E-state index contributed by atoms with van der Waals surface area (Å²) in [5.74, 6) is 0.886. The third-order valence-corrected chi connectivity index (χ3v) is 4.16. The largest absolute Gasteiger partial charge is 0.497 e. The van der Waals surface area contributed by atoms with Gasteiger partial charge in [0.2, 0.25) is 0 Å². The topological polar surface area (TPSA) is 76.7 Å². The molecule has 0 aliphatic heterocycles. The molecule has 3 aromatic rings. The lowest BCUT2D eigenvalue weighted by molar-refractivity contribution is 0.101. The van der Waals surface area contributed by atoms with Crippen LogP contribution in [-0.4, -0.2) is 25.5 Å². The Balaban J connectivity index is 1.66. The molecule has 2 amide bonds. The molecule has 0 spiro atoms.